The molecule has 5 nitrogen and oxygen atoms in total. The molecule has 2 rings (SSSR count). The van der Waals surface area contributed by atoms with Crippen LogP contribution < -0.4 is 10.5 Å². The molecule has 0 bridgehead atoms. The molecule has 1 aromatic rings. The topological polar surface area (TPSA) is 81.4 Å². The van der Waals surface area contributed by atoms with Crippen LogP contribution in [0.1, 0.15) is 19.8 Å². The Kier molecular flexibility index (Phi) is 5.06. The predicted molar refractivity (Wildman–Crippen MR) is 81.9 cm³/mol. The van der Waals surface area contributed by atoms with Gasteiger partial charge in [0.1, 0.15) is 4.90 Å². The fraction of sp³-hybridized carbons (Fsp3) is 0.538. The summed E-state index contributed by atoms with van der Waals surface area (Å²) in [6.07, 6.45) is 1.75. The quantitative estimate of drug-likeness (QED) is 0.803. The third-order valence-corrected chi connectivity index (χ3v) is 5.70. The maximum Gasteiger partial charge on any atom is 0.242 e. The summed E-state index contributed by atoms with van der Waals surface area (Å²) in [5.74, 6) is 0.301. The Morgan fingerprint density at radius 2 is 2.05 bits per heavy atom. The largest absolute Gasteiger partial charge is 0.398 e. The summed E-state index contributed by atoms with van der Waals surface area (Å²) in [7, 11) is -3.59. The van der Waals surface area contributed by atoms with Crippen molar-refractivity contribution in [2.24, 2.45) is 5.92 Å². The molecule has 1 heterocycles. The molecular formula is C13H19BrN2O3S. The van der Waals surface area contributed by atoms with E-state index >= 15 is 0 Å². The average Bonchev–Trinajstić information content (AvgIpc) is 2.38. The molecule has 20 heavy (non-hydrogen) atoms. The molecule has 1 fully saturated rings. The number of nitrogens with two attached hydrogens (primary N) is 1. The molecule has 1 saturated heterocycles. The second-order valence-electron chi connectivity index (χ2n) is 5.04. The molecule has 1 unspecified atom stereocenters. The number of hydrogen-bond acceptors (Lipinski definition) is 4. The van der Waals surface area contributed by atoms with Crippen molar-refractivity contribution in [3.63, 3.8) is 0 Å². The van der Waals surface area contributed by atoms with Crippen LogP contribution in [0.2, 0.25) is 0 Å². The number of rotatable bonds is 4. The van der Waals surface area contributed by atoms with Crippen LogP contribution in [0.25, 0.3) is 0 Å². The van der Waals surface area contributed by atoms with E-state index in [2.05, 4.69) is 20.7 Å². The zero-order valence-electron chi connectivity index (χ0n) is 11.3. The molecule has 3 N–H and O–H groups in total. The monoisotopic (exact) mass is 362 g/mol. The van der Waals surface area contributed by atoms with Crippen molar-refractivity contribution in [2.75, 3.05) is 18.9 Å². The van der Waals surface area contributed by atoms with Crippen molar-refractivity contribution >= 4 is 31.6 Å². The highest BCUT2D eigenvalue weighted by Crippen LogP contribution is 2.25. The lowest BCUT2D eigenvalue weighted by Crippen LogP contribution is -2.40. The van der Waals surface area contributed by atoms with Crippen LogP contribution in [0.3, 0.4) is 0 Å². The molecule has 0 radical (unpaired) electrons. The van der Waals surface area contributed by atoms with Gasteiger partial charge < -0.3 is 10.5 Å². The zero-order chi connectivity index (χ0) is 14.8. The third kappa shape index (κ3) is 3.72. The van der Waals surface area contributed by atoms with Crippen molar-refractivity contribution in [2.45, 2.75) is 30.7 Å². The summed E-state index contributed by atoms with van der Waals surface area (Å²) >= 11 is 3.27. The van der Waals surface area contributed by atoms with E-state index in [4.69, 9.17) is 10.5 Å². The Labute approximate surface area is 128 Å². The number of halogens is 1. The first-order chi connectivity index (χ1) is 9.40. The van der Waals surface area contributed by atoms with Gasteiger partial charge in [0, 0.05) is 23.7 Å². The van der Waals surface area contributed by atoms with E-state index in [0.717, 1.165) is 17.3 Å². The summed E-state index contributed by atoms with van der Waals surface area (Å²) in [5, 5.41) is 0. The molecule has 7 heteroatoms. The molecular weight excluding hydrogens is 344 g/mol. The van der Waals surface area contributed by atoms with Gasteiger partial charge in [0.15, 0.2) is 0 Å². The van der Waals surface area contributed by atoms with Crippen LogP contribution in [0.4, 0.5) is 5.69 Å². The maximum atomic E-state index is 12.4. The Morgan fingerprint density at radius 3 is 2.65 bits per heavy atom. The van der Waals surface area contributed by atoms with Crippen molar-refractivity contribution in [3.05, 3.63) is 22.7 Å². The Morgan fingerprint density at radius 1 is 1.40 bits per heavy atom. The Balaban J connectivity index is 2.13. The third-order valence-electron chi connectivity index (χ3n) is 3.58. The summed E-state index contributed by atoms with van der Waals surface area (Å²) in [5.41, 5.74) is 6.03. The lowest BCUT2D eigenvalue weighted by Gasteiger charge is -2.28. The minimum atomic E-state index is -3.59. The second kappa shape index (κ2) is 6.43. The number of benzene rings is 1. The highest BCUT2D eigenvalue weighted by Gasteiger charge is 2.26. The van der Waals surface area contributed by atoms with Crippen LogP contribution >= 0.6 is 15.9 Å². The molecule has 0 saturated carbocycles. The van der Waals surface area contributed by atoms with Gasteiger partial charge in [-0.05, 0) is 43.9 Å². The lowest BCUT2D eigenvalue weighted by molar-refractivity contribution is 0.0585. The van der Waals surface area contributed by atoms with E-state index in [1.54, 1.807) is 12.1 Å². The zero-order valence-corrected chi connectivity index (χ0v) is 13.7. The molecule has 1 atom stereocenters. The van der Waals surface area contributed by atoms with Gasteiger partial charge in [-0.1, -0.05) is 15.9 Å². The number of hydrogen-bond donors (Lipinski definition) is 2. The fourth-order valence-corrected chi connectivity index (χ4v) is 4.19. The minimum absolute atomic E-state index is 0.125. The van der Waals surface area contributed by atoms with Crippen molar-refractivity contribution in [1.29, 1.82) is 0 Å². The predicted octanol–water partition coefficient (Wildman–Crippen LogP) is 2.12. The summed E-state index contributed by atoms with van der Waals surface area (Å²) in [6, 6.07) is 4.64. The summed E-state index contributed by atoms with van der Waals surface area (Å²) in [6.45, 7) is 3.27. The van der Waals surface area contributed by atoms with Crippen LogP contribution in [0.5, 0.6) is 0 Å². The summed E-state index contributed by atoms with van der Waals surface area (Å²) < 4.78 is 33.5. The van der Waals surface area contributed by atoms with Gasteiger partial charge in [-0.15, -0.1) is 0 Å². The van der Waals surface area contributed by atoms with Crippen molar-refractivity contribution in [3.8, 4) is 0 Å². The minimum Gasteiger partial charge on any atom is -0.398 e. The molecule has 1 aliphatic rings. The standard InChI is InChI=1S/C13H19BrN2O3S/c1-9(10-4-6-19-7-5-10)16-20(17,18)13-3-2-11(14)8-12(13)15/h2-3,8-10,16H,4-7,15H2,1H3. The molecule has 1 aliphatic heterocycles. The Bertz CT molecular complexity index is 571. The van der Waals surface area contributed by atoms with Crippen LogP contribution in [0.15, 0.2) is 27.6 Å². The van der Waals surface area contributed by atoms with E-state index in [-0.39, 0.29) is 16.6 Å². The smallest absolute Gasteiger partial charge is 0.242 e. The van der Waals surface area contributed by atoms with Crippen LogP contribution in [-0.4, -0.2) is 27.7 Å². The van der Waals surface area contributed by atoms with Gasteiger partial charge in [0.25, 0.3) is 0 Å². The van der Waals surface area contributed by atoms with E-state index < -0.39 is 10.0 Å². The van der Waals surface area contributed by atoms with E-state index in [1.807, 2.05) is 6.92 Å². The number of anilines is 1. The highest BCUT2D eigenvalue weighted by molar-refractivity contribution is 9.10. The SMILES string of the molecule is CC(NS(=O)(=O)c1ccc(Br)cc1N)C1CCOCC1. The van der Waals surface area contributed by atoms with Crippen molar-refractivity contribution < 1.29 is 13.2 Å². The molecule has 112 valence electrons. The van der Waals surface area contributed by atoms with E-state index in [0.29, 0.717) is 19.1 Å². The van der Waals surface area contributed by atoms with E-state index in [9.17, 15) is 8.42 Å². The van der Waals surface area contributed by atoms with Crippen LogP contribution in [0, 0.1) is 5.92 Å². The van der Waals surface area contributed by atoms with Gasteiger partial charge >= 0.3 is 0 Å². The lowest BCUT2D eigenvalue weighted by atomic mass is 9.94. The van der Waals surface area contributed by atoms with Gasteiger partial charge in [-0.3, -0.25) is 0 Å². The molecule has 0 spiro atoms. The fourth-order valence-electron chi connectivity index (χ4n) is 2.38. The normalized spacial score (nSPS) is 18.9. The number of nitrogen functional groups attached to an aromatic ring is 1. The molecule has 0 aliphatic carbocycles. The van der Waals surface area contributed by atoms with Gasteiger partial charge in [0.05, 0.1) is 5.69 Å². The first-order valence-electron chi connectivity index (χ1n) is 6.55. The summed E-state index contributed by atoms with van der Waals surface area (Å²) in [4.78, 5) is 0.125. The number of ether oxygens (including phenoxy) is 1. The first-order valence-corrected chi connectivity index (χ1v) is 8.83. The van der Waals surface area contributed by atoms with Gasteiger partial charge in [-0.25, -0.2) is 13.1 Å². The van der Waals surface area contributed by atoms with Crippen LogP contribution in [-0.2, 0) is 14.8 Å². The number of sulfonamides is 1. The van der Waals surface area contributed by atoms with Crippen molar-refractivity contribution in [1.82, 2.24) is 4.72 Å². The molecule has 0 amide bonds. The highest BCUT2D eigenvalue weighted by atomic mass is 79.9. The molecule has 0 aromatic heterocycles. The van der Waals surface area contributed by atoms with Gasteiger partial charge in [0.2, 0.25) is 10.0 Å². The van der Waals surface area contributed by atoms with Gasteiger partial charge in [-0.2, -0.15) is 0 Å². The maximum absolute atomic E-state index is 12.4. The average molecular weight is 363 g/mol. The Hall–Kier alpha value is -0.630. The van der Waals surface area contributed by atoms with E-state index in [1.165, 1.54) is 6.07 Å². The second-order valence-corrected chi connectivity index (χ2v) is 7.64. The molecule has 1 aromatic carbocycles. The first kappa shape index (κ1) is 15.8. The number of nitrogens with one attached hydrogen (secondary N) is 1.